The molecule has 0 spiro atoms. The molecular formula is C20H22F2N2O3S. The fourth-order valence-electron chi connectivity index (χ4n) is 3.43. The van der Waals surface area contributed by atoms with Crippen LogP contribution in [0.2, 0.25) is 0 Å². The Labute approximate surface area is 166 Å². The number of benzene rings is 1. The van der Waals surface area contributed by atoms with E-state index in [1.54, 1.807) is 6.92 Å². The standard InChI is InChI=1S/C20H22F2N2O3S/c1-2-27-19(25)17-14(12-6-4-3-5-7-12)11-28-18(17)24-20(26)23-13-8-9-15(21)16(22)10-13/h8-12H,2-7H2,1H3,(H2,23,24,26). The third kappa shape index (κ3) is 4.67. The van der Waals surface area contributed by atoms with Crippen LogP contribution in [0.1, 0.15) is 60.9 Å². The van der Waals surface area contributed by atoms with Crippen LogP contribution >= 0.6 is 11.3 Å². The average molecular weight is 408 g/mol. The molecule has 2 aromatic rings. The van der Waals surface area contributed by atoms with E-state index in [2.05, 4.69) is 10.6 Å². The Morgan fingerprint density at radius 1 is 1.14 bits per heavy atom. The number of halogens is 2. The van der Waals surface area contributed by atoms with Crippen LogP contribution < -0.4 is 10.6 Å². The number of esters is 1. The zero-order valence-electron chi connectivity index (χ0n) is 15.5. The van der Waals surface area contributed by atoms with Gasteiger partial charge < -0.3 is 10.1 Å². The number of hydrogen-bond donors (Lipinski definition) is 2. The quantitative estimate of drug-likeness (QED) is 0.606. The summed E-state index contributed by atoms with van der Waals surface area (Å²) >= 11 is 1.26. The molecule has 1 aliphatic rings. The van der Waals surface area contributed by atoms with Crippen molar-refractivity contribution < 1.29 is 23.1 Å². The summed E-state index contributed by atoms with van der Waals surface area (Å²) < 4.78 is 31.5. The number of carbonyl (C=O) groups excluding carboxylic acids is 2. The lowest BCUT2D eigenvalue weighted by molar-refractivity contribution is 0.0526. The molecule has 150 valence electrons. The number of carbonyl (C=O) groups is 2. The SMILES string of the molecule is CCOC(=O)c1c(C2CCCCC2)csc1NC(=O)Nc1ccc(F)c(F)c1. The van der Waals surface area contributed by atoms with Gasteiger partial charge in [-0.25, -0.2) is 18.4 Å². The molecule has 0 unspecified atom stereocenters. The molecule has 1 heterocycles. The Balaban J connectivity index is 1.79. The van der Waals surface area contributed by atoms with Crippen LogP contribution in [0.3, 0.4) is 0 Å². The molecule has 2 amide bonds. The molecule has 2 N–H and O–H groups in total. The van der Waals surface area contributed by atoms with Crippen molar-refractivity contribution >= 4 is 34.0 Å². The summed E-state index contributed by atoms with van der Waals surface area (Å²) in [5.74, 6) is -2.24. The van der Waals surface area contributed by atoms with Crippen molar-refractivity contribution in [2.75, 3.05) is 17.2 Å². The highest BCUT2D eigenvalue weighted by molar-refractivity contribution is 7.15. The van der Waals surface area contributed by atoms with Gasteiger partial charge >= 0.3 is 12.0 Å². The first kappa shape index (κ1) is 20.3. The highest BCUT2D eigenvalue weighted by Gasteiger charge is 2.27. The van der Waals surface area contributed by atoms with Gasteiger partial charge in [0.15, 0.2) is 11.6 Å². The molecule has 28 heavy (non-hydrogen) atoms. The minimum absolute atomic E-state index is 0.109. The van der Waals surface area contributed by atoms with E-state index in [0.29, 0.717) is 10.6 Å². The minimum atomic E-state index is -1.05. The Kier molecular flexibility index (Phi) is 6.61. The van der Waals surface area contributed by atoms with E-state index in [4.69, 9.17) is 4.74 Å². The monoisotopic (exact) mass is 408 g/mol. The summed E-state index contributed by atoms with van der Waals surface area (Å²) in [7, 11) is 0. The summed E-state index contributed by atoms with van der Waals surface area (Å²) in [6, 6.07) is 2.44. The van der Waals surface area contributed by atoms with Crippen molar-refractivity contribution in [3.05, 3.63) is 46.3 Å². The summed E-state index contributed by atoms with van der Waals surface area (Å²) in [6.45, 7) is 1.97. The van der Waals surface area contributed by atoms with Gasteiger partial charge in [0.25, 0.3) is 0 Å². The molecule has 8 heteroatoms. The molecule has 1 aromatic carbocycles. The number of rotatable bonds is 5. The lowest BCUT2D eigenvalue weighted by atomic mass is 9.83. The number of ether oxygens (including phenoxy) is 1. The number of hydrogen-bond acceptors (Lipinski definition) is 4. The van der Waals surface area contributed by atoms with Crippen LogP contribution in [-0.2, 0) is 4.74 Å². The lowest BCUT2D eigenvalue weighted by Gasteiger charge is -2.22. The third-order valence-electron chi connectivity index (χ3n) is 4.75. The normalized spacial score (nSPS) is 14.5. The van der Waals surface area contributed by atoms with Gasteiger partial charge in [0.1, 0.15) is 5.00 Å². The van der Waals surface area contributed by atoms with Crippen LogP contribution in [0.15, 0.2) is 23.6 Å². The van der Waals surface area contributed by atoms with Gasteiger partial charge in [-0.1, -0.05) is 19.3 Å². The molecule has 0 radical (unpaired) electrons. The zero-order chi connectivity index (χ0) is 20.1. The maximum absolute atomic E-state index is 13.3. The molecule has 0 atom stereocenters. The summed E-state index contributed by atoms with van der Waals surface area (Å²) in [6.07, 6.45) is 5.43. The van der Waals surface area contributed by atoms with E-state index in [9.17, 15) is 18.4 Å². The summed E-state index contributed by atoms with van der Waals surface area (Å²) in [5.41, 5.74) is 1.41. The second kappa shape index (κ2) is 9.14. The Morgan fingerprint density at radius 2 is 1.89 bits per heavy atom. The maximum atomic E-state index is 13.3. The van der Waals surface area contributed by atoms with Crippen molar-refractivity contribution in [3.63, 3.8) is 0 Å². The van der Waals surface area contributed by atoms with Crippen LogP contribution in [-0.4, -0.2) is 18.6 Å². The smallest absolute Gasteiger partial charge is 0.341 e. The number of urea groups is 1. The van der Waals surface area contributed by atoms with Gasteiger partial charge in [-0.2, -0.15) is 0 Å². The van der Waals surface area contributed by atoms with Crippen molar-refractivity contribution in [2.45, 2.75) is 44.9 Å². The number of anilines is 2. The molecule has 5 nitrogen and oxygen atoms in total. The van der Waals surface area contributed by atoms with Gasteiger partial charge in [0.2, 0.25) is 0 Å². The summed E-state index contributed by atoms with van der Waals surface area (Å²) in [4.78, 5) is 24.8. The number of amides is 2. The molecular weight excluding hydrogens is 386 g/mol. The molecule has 0 saturated heterocycles. The topological polar surface area (TPSA) is 67.4 Å². The van der Waals surface area contributed by atoms with Crippen molar-refractivity contribution in [2.24, 2.45) is 0 Å². The van der Waals surface area contributed by atoms with Crippen LogP contribution in [0.4, 0.5) is 24.3 Å². The highest BCUT2D eigenvalue weighted by Crippen LogP contribution is 2.40. The van der Waals surface area contributed by atoms with E-state index in [1.807, 2.05) is 5.38 Å². The second-order valence-corrected chi connectivity index (χ2v) is 7.54. The molecule has 3 rings (SSSR count). The van der Waals surface area contributed by atoms with E-state index >= 15 is 0 Å². The van der Waals surface area contributed by atoms with E-state index in [0.717, 1.165) is 43.4 Å². The molecule has 1 saturated carbocycles. The molecule has 0 aliphatic heterocycles. The first-order chi connectivity index (χ1) is 13.5. The van der Waals surface area contributed by atoms with Crippen molar-refractivity contribution in [1.82, 2.24) is 0 Å². The summed E-state index contributed by atoms with van der Waals surface area (Å²) in [5, 5.41) is 7.37. The van der Waals surface area contributed by atoms with Gasteiger partial charge in [-0.3, -0.25) is 5.32 Å². The first-order valence-electron chi connectivity index (χ1n) is 9.31. The largest absolute Gasteiger partial charge is 0.462 e. The Morgan fingerprint density at radius 3 is 2.57 bits per heavy atom. The van der Waals surface area contributed by atoms with Crippen molar-refractivity contribution in [3.8, 4) is 0 Å². The van der Waals surface area contributed by atoms with Crippen molar-refractivity contribution in [1.29, 1.82) is 0 Å². The van der Waals surface area contributed by atoms with Crippen LogP contribution in [0.25, 0.3) is 0 Å². The molecule has 1 fully saturated rings. The first-order valence-corrected chi connectivity index (χ1v) is 10.2. The second-order valence-electron chi connectivity index (χ2n) is 6.66. The fourth-order valence-corrected chi connectivity index (χ4v) is 4.46. The third-order valence-corrected chi connectivity index (χ3v) is 5.66. The van der Waals surface area contributed by atoms with E-state index in [-0.39, 0.29) is 18.2 Å². The highest BCUT2D eigenvalue weighted by atomic mass is 32.1. The molecule has 0 bridgehead atoms. The molecule has 1 aromatic heterocycles. The van der Waals surface area contributed by atoms with Crippen LogP contribution in [0, 0.1) is 11.6 Å². The molecule has 1 aliphatic carbocycles. The van der Waals surface area contributed by atoms with Gasteiger partial charge in [-0.15, -0.1) is 11.3 Å². The van der Waals surface area contributed by atoms with Gasteiger partial charge in [0, 0.05) is 11.8 Å². The lowest BCUT2D eigenvalue weighted by Crippen LogP contribution is -2.21. The Hall–Kier alpha value is -2.48. The predicted molar refractivity (Wildman–Crippen MR) is 105 cm³/mol. The average Bonchev–Trinajstić information content (AvgIpc) is 3.09. The van der Waals surface area contributed by atoms with Gasteiger partial charge in [-0.05, 0) is 48.8 Å². The number of thiophene rings is 1. The Bertz CT molecular complexity index is 863. The van der Waals surface area contributed by atoms with E-state index in [1.165, 1.54) is 23.8 Å². The minimum Gasteiger partial charge on any atom is -0.462 e. The zero-order valence-corrected chi connectivity index (χ0v) is 16.3. The van der Waals surface area contributed by atoms with Crippen LogP contribution in [0.5, 0.6) is 0 Å². The van der Waals surface area contributed by atoms with Gasteiger partial charge in [0.05, 0.1) is 12.2 Å². The predicted octanol–water partition coefficient (Wildman–Crippen LogP) is 5.89. The maximum Gasteiger partial charge on any atom is 0.341 e. The number of nitrogens with one attached hydrogen (secondary N) is 2. The van der Waals surface area contributed by atoms with E-state index < -0.39 is 23.6 Å². The fraction of sp³-hybridized carbons (Fsp3) is 0.400.